The van der Waals surface area contributed by atoms with Gasteiger partial charge in [-0.3, -0.25) is 0 Å². The molecule has 2 aromatic carbocycles. The van der Waals surface area contributed by atoms with Crippen LogP contribution < -0.4 is 25.0 Å². The Morgan fingerprint density at radius 2 is 1.88 bits per heavy atom. The van der Waals surface area contributed by atoms with Crippen molar-refractivity contribution < 1.29 is 14.3 Å². The highest BCUT2D eigenvalue weighted by atomic mass is 16.7. The molecule has 2 aromatic rings. The average molecular weight is 327 g/mol. The second-order valence-electron chi connectivity index (χ2n) is 5.55. The van der Waals surface area contributed by atoms with Crippen molar-refractivity contribution >= 4 is 11.7 Å². The van der Waals surface area contributed by atoms with Gasteiger partial charge in [0.15, 0.2) is 11.5 Å². The summed E-state index contributed by atoms with van der Waals surface area (Å²) < 4.78 is 10.6. The lowest BCUT2D eigenvalue weighted by Crippen LogP contribution is -2.39. The van der Waals surface area contributed by atoms with Crippen molar-refractivity contribution in [3.05, 3.63) is 54.1 Å². The molecule has 126 valence electrons. The van der Waals surface area contributed by atoms with Gasteiger partial charge in [0, 0.05) is 32.4 Å². The Kier molecular flexibility index (Phi) is 5.05. The van der Waals surface area contributed by atoms with Gasteiger partial charge in [-0.25, -0.2) is 4.79 Å². The molecule has 0 radical (unpaired) electrons. The molecule has 1 aliphatic rings. The number of amides is 2. The molecule has 6 heteroatoms. The maximum atomic E-state index is 11.9. The lowest BCUT2D eigenvalue weighted by Gasteiger charge is -2.19. The molecule has 0 fully saturated rings. The second kappa shape index (κ2) is 7.59. The average Bonchev–Trinajstić information content (AvgIpc) is 3.08. The number of rotatable bonds is 6. The van der Waals surface area contributed by atoms with Crippen LogP contribution in [0.4, 0.5) is 10.5 Å². The number of hydrogen-bond donors (Lipinski definition) is 2. The molecule has 0 bridgehead atoms. The number of urea groups is 1. The molecule has 1 heterocycles. The van der Waals surface area contributed by atoms with E-state index >= 15 is 0 Å². The van der Waals surface area contributed by atoms with Crippen LogP contribution in [0.2, 0.25) is 0 Å². The first-order valence-electron chi connectivity index (χ1n) is 7.89. The van der Waals surface area contributed by atoms with Gasteiger partial charge in [-0.1, -0.05) is 24.3 Å². The van der Waals surface area contributed by atoms with Gasteiger partial charge in [-0.15, -0.1) is 0 Å². The Balaban J connectivity index is 1.38. The quantitative estimate of drug-likeness (QED) is 0.855. The van der Waals surface area contributed by atoms with Crippen molar-refractivity contribution in [2.45, 2.75) is 6.54 Å². The van der Waals surface area contributed by atoms with Gasteiger partial charge in [0.1, 0.15) is 0 Å². The summed E-state index contributed by atoms with van der Waals surface area (Å²) in [7, 11) is 2.00. The zero-order valence-electron chi connectivity index (χ0n) is 13.6. The van der Waals surface area contributed by atoms with Crippen LogP contribution in [0.25, 0.3) is 0 Å². The molecular formula is C18H21N3O3. The normalized spacial score (nSPS) is 11.9. The predicted molar refractivity (Wildman–Crippen MR) is 92.5 cm³/mol. The van der Waals surface area contributed by atoms with Crippen LogP contribution in [0.5, 0.6) is 11.5 Å². The number of nitrogens with one attached hydrogen (secondary N) is 2. The third-order valence-electron chi connectivity index (χ3n) is 3.82. The minimum Gasteiger partial charge on any atom is -0.454 e. The molecule has 0 atom stereocenters. The summed E-state index contributed by atoms with van der Waals surface area (Å²) in [6.07, 6.45) is 0. The van der Waals surface area contributed by atoms with Crippen LogP contribution in [0.1, 0.15) is 5.56 Å². The van der Waals surface area contributed by atoms with E-state index in [-0.39, 0.29) is 12.8 Å². The van der Waals surface area contributed by atoms with Crippen LogP contribution in [-0.2, 0) is 6.54 Å². The van der Waals surface area contributed by atoms with Crippen molar-refractivity contribution in [1.82, 2.24) is 10.6 Å². The number of likely N-dealkylation sites (N-methyl/N-ethyl adjacent to an activating group) is 1. The Labute approximate surface area is 141 Å². The minimum atomic E-state index is -0.186. The van der Waals surface area contributed by atoms with E-state index in [0.717, 1.165) is 29.3 Å². The fourth-order valence-corrected chi connectivity index (χ4v) is 2.44. The molecule has 0 unspecified atom stereocenters. The van der Waals surface area contributed by atoms with Gasteiger partial charge in [0.2, 0.25) is 6.79 Å². The largest absolute Gasteiger partial charge is 0.454 e. The first-order valence-corrected chi connectivity index (χ1v) is 7.89. The molecule has 3 rings (SSSR count). The monoisotopic (exact) mass is 327 g/mol. The van der Waals surface area contributed by atoms with Gasteiger partial charge in [0.25, 0.3) is 0 Å². The number of ether oxygens (including phenoxy) is 2. The fraction of sp³-hybridized carbons (Fsp3) is 0.278. The Bertz CT molecular complexity index is 691. The van der Waals surface area contributed by atoms with Crippen LogP contribution in [0, 0.1) is 0 Å². The van der Waals surface area contributed by atoms with Gasteiger partial charge in [-0.2, -0.15) is 0 Å². The number of anilines is 1. The van der Waals surface area contributed by atoms with Crippen molar-refractivity contribution in [1.29, 1.82) is 0 Å². The number of carbonyl (C=O) groups excluding carboxylic acids is 1. The van der Waals surface area contributed by atoms with Crippen molar-refractivity contribution in [3.63, 3.8) is 0 Å². The van der Waals surface area contributed by atoms with Crippen molar-refractivity contribution in [3.8, 4) is 11.5 Å². The Morgan fingerprint density at radius 3 is 2.71 bits per heavy atom. The summed E-state index contributed by atoms with van der Waals surface area (Å²) >= 11 is 0. The highest BCUT2D eigenvalue weighted by molar-refractivity contribution is 5.73. The summed E-state index contributed by atoms with van der Waals surface area (Å²) in [6.45, 7) is 2.00. The van der Waals surface area contributed by atoms with Gasteiger partial charge >= 0.3 is 6.03 Å². The molecule has 0 saturated carbocycles. The molecule has 2 amide bonds. The topological polar surface area (TPSA) is 62.8 Å². The summed E-state index contributed by atoms with van der Waals surface area (Å²) in [5, 5.41) is 5.70. The predicted octanol–water partition coefficient (Wildman–Crippen LogP) is 2.35. The van der Waals surface area contributed by atoms with E-state index in [1.54, 1.807) is 0 Å². The standard InChI is InChI=1S/C18H21N3O3/c1-21(15-5-3-2-4-6-15)10-9-19-18(22)20-12-14-7-8-16-17(11-14)24-13-23-16/h2-8,11H,9-10,12-13H2,1H3,(H2,19,20,22). The molecular weight excluding hydrogens is 306 g/mol. The van der Waals surface area contributed by atoms with E-state index in [1.807, 2.05) is 55.6 Å². The first-order chi connectivity index (χ1) is 11.7. The van der Waals surface area contributed by atoms with Crippen molar-refractivity contribution in [2.75, 3.05) is 31.8 Å². The molecule has 6 nitrogen and oxygen atoms in total. The van der Waals surface area contributed by atoms with Crippen LogP contribution in [0.3, 0.4) is 0 Å². The maximum Gasteiger partial charge on any atom is 0.315 e. The van der Waals surface area contributed by atoms with E-state index in [2.05, 4.69) is 15.5 Å². The summed E-state index contributed by atoms with van der Waals surface area (Å²) in [6, 6.07) is 15.5. The van der Waals surface area contributed by atoms with Gasteiger partial charge < -0.3 is 25.0 Å². The number of para-hydroxylation sites is 1. The van der Waals surface area contributed by atoms with Crippen LogP contribution in [-0.4, -0.2) is 33.0 Å². The van der Waals surface area contributed by atoms with Crippen LogP contribution in [0.15, 0.2) is 48.5 Å². The Hall–Kier alpha value is -2.89. The molecule has 0 aromatic heterocycles. The highest BCUT2D eigenvalue weighted by Gasteiger charge is 2.13. The zero-order chi connectivity index (χ0) is 16.8. The maximum absolute atomic E-state index is 11.9. The number of hydrogen-bond acceptors (Lipinski definition) is 4. The lowest BCUT2D eigenvalue weighted by molar-refractivity contribution is 0.174. The van der Waals surface area contributed by atoms with E-state index in [9.17, 15) is 4.79 Å². The highest BCUT2D eigenvalue weighted by Crippen LogP contribution is 2.32. The van der Waals surface area contributed by atoms with Crippen LogP contribution >= 0.6 is 0 Å². The number of carbonyl (C=O) groups is 1. The van der Waals surface area contributed by atoms with E-state index in [4.69, 9.17) is 9.47 Å². The van der Waals surface area contributed by atoms with E-state index in [1.165, 1.54) is 0 Å². The molecule has 0 aliphatic carbocycles. The first kappa shape index (κ1) is 16.0. The zero-order valence-corrected chi connectivity index (χ0v) is 13.6. The van der Waals surface area contributed by atoms with Gasteiger partial charge in [-0.05, 0) is 29.8 Å². The molecule has 24 heavy (non-hydrogen) atoms. The fourth-order valence-electron chi connectivity index (χ4n) is 2.44. The molecule has 0 saturated heterocycles. The SMILES string of the molecule is CN(CCNC(=O)NCc1ccc2c(c1)OCO2)c1ccccc1. The third-order valence-corrected chi connectivity index (χ3v) is 3.82. The summed E-state index contributed by atoms with van der Waals surface area (Å²) in [5.74, 6) is 1.46. The van der Waals surface area contributed by atoms with E-state index < -0.39 is 0 Å². The van der Waals surface area contributed by atoms with Gasteiger partial charge in [0.05, 0.1) is 0 Å². The molecule has 2 N–H and O–H groups in total. The smallest absolute Gasteiger partial charge is 0.315 e. The van der Waals surface area contributed by atoms with Crippen molar-refractivity contribution in [2.24, 2.45) is 0 Å². The summed E-state index contributed by atoms with van der Waals surface area (Å²) in [5.41, 5.74) is 2.09. The van der Waals surface area contributed by atoms with E-state index in [0.29, 0.717) is 13.1 Å². The molecule has 0 spiro atoms. The number of fused-ring (bicyclic) bond motifs is 1. The number of nitrogens with zero attached hydrogens (tertiary/aromatic N) is 1. The lowest BCUT2D eigenvalue weighted by atomic mass is 10.2. The Morgan fingerprint density at radius 1 is 1.08 bits per heavy atom. The summed E-state index contributed by atoms with van der Waals surface area (Å²) in [4.78, 5) is 14.0. The minimum absolute atomic E-state index is 0.186. The second-order valence-corrected chi connectivity index (χ2v) is 5.55. The third kappa shape index (κ3) is 4.10. The number of benzene rings is 2. The molecule has 1 aliphatic heterocycles.